The van der Waals surface area contributed by atoms with Crippen LogP contribution in [0.4, 0.5) is 20.2 Å². The standard InChI is InChI=1S/C13H12F2N2O2S/c1-17(10-4-2-9(14)3-5-10)20(18,19)11-6-7-13(16)12(15)8-11/h2-8H,16H2,1H3. The summed E-state index contributed by atoms with van der Waals surface area (Å²) >= 11 is 0. The number of anilines is 2. The highest BCUT2D eigenvalue weighted by Crippen LogP contribution is 2.24. The van der Waals surface area contributed by atoms with E-state index < -0.39 is 21.7 Å². The molecule has 2 N–H and O–H groups in total. The lowest BCUT2D eigenvalue weighted by atomic mass is 10.3. The van der Waals surface area contributed by atoms with Crippen molar-refractivity contribution in [2.45, 2.75) is 4.90 Å². The molecular formula is C13H12F2N2O2S. The van der Waals surface area contributed by atoms with Crippen LogP contribution in [0.2, 0.25) is 0 Å². The average molecular weight is 298 g/mol. The van der Waals surface area contributed by atoms with Crippen LogP contribution < -0.4 is 10.0 Å². The molecule has 0 unspecified atom stereocenters. The van der Waals surface area contributed by atoms with Gasteiger partial charge in [-0.2, -0.15) is 0 Å². The number of sulfonamides is 1. The highest BCUT2D eigenvalue weighted by atomic mass is 32.2. The van der Waals surface area contributed by atoms with Crippen molar-refractivity contribution >= 4 is 21.4 Å². The molecule has 0 fully saturated rings. The van der Waals surface area contributed by atoms with Crippen molar-refractivity contribution in [2.75, 3.05) is 17.1 Å². The summed E-state index contributed by atoms with van der Waals surface area (Å²) in [5.41, 5.74) is 5.45. The molecule has 0 saturated heterocycles. The molecule has 0 aromatic heterocycles. The van der Waals surface area contributed by atoms with Crippen molar-refractivity contribution in [3.63, 3.8) is 0 Å². The zero-order chi connectivity index (χ0) is 14.9. The van der Waals surface area contributed by atoms with Crippen LogP contribution in [-0.4, -0.2) is 15.5 Å². The Morgan fingerprint density at radius 3 is 2.20 bits per heavy atom. The van der Waals surface area contributed by atoms with Gasteiger partial charge in [0.15, 0.2) is 0 Å². The van der Waals surface area contributed by atoms with E-state index in [0.29, 0.717) is 0 Å². The Labute approximate surface area is 115 Å². The van der Waals surface area contributed by atoms with E-state index >= 15 is 0 Å². The van der Waals surface area contributed by atoms with Gasteiger partial charge in [0, 0.05) is 7.05 Å². The molecule has 2 aromatic carbocycles. The molecular weight excluding hydrogens is 286 g/mol. The lowest BCUT2D eigenvalue weighted by molar-refractivity contribution is 0.590. The molecule has 20 heavy (non-hydrogen) atoms. The monoisotopic (exact) mass is 298 g/mol. The minimum atomic E-state index is -3.93. The van der Waals surface area contributed by atoms with Gasteiger partial charge in [-0.05, 0) is 42.5 Å². The number of hydrogen-bond acceptors (Lipinski definition) is 3. The number of nitrogens with two attached hydrogens (primary N) is 1. The molecule has 0 atom stereocenters. The van der Waals surface area contributed by atoms with Gasteiger partial charge in [0.25, 0.3) is 10.0 Å². The Kier molecular flexibility index (Phi) is 3.63. The highest BCUT2D eigenvalue weighted by Gasteiger charge is 2.22. The summed E-state index contributed by atoms with van der Waals surface area (Å²) in [7, 11) is -2.63. The zero-order valence-corrected chi connectivity index (χ0v) is 11.4. The predicted molar refractivity (Wildman–Crippen MR) is 72.8 cm³/mol. The minimum Gasteiger partial charge on any atom is -0.396 e. The average Bonchev–Trinajstić information content (AvgIpc) is 2.41. The quantitative estimate of drug-likeness (QED) is 0.885. The summed E-state index contributed by atoms with van der Waals surface area (Å²) in [5.74, 6) is -1.28. The SMILES string of the molecule is CN(c1ccc(F)cc1)S(=O)(=O)c1ccc(N)c(F)c1. The van der Waals surface area contributed by atoms with Crippen molar-refractivity contribution in [3.05, 3.63) is 54.1 Å². The third-order valence-electron chi connectivity index (χ3n) is 2.82. The first-order valence-electron chi connectivity index (χ1n) is 5.62. The molecule has 2 aromatic rings. The van der Waals surface area contributed by atoms with Gasteiger partial charge in [0.05, 0.1) is 16.3 Å². The summed E-state index contributed by atoms with van der Waals surface area (Å²) in [6.07, 6.45) is 0. The van der Waals surface area contributed by atoms with Crippen LogP contribution in [-0.2, 0) is 10.0 Å². The van der Waals surface area contributed by atoms with Crippen LogP contribution in [0.25, 0.3) is 0 Å². The second kappa shape index (κ2) is 5.09. The van der Waals surface area contributed by atoms with E-state index in [2.05, 4.69) is 0 Å². The van der Waals surface area contributed by atoms with Crippen molar-refractivity contribution < 1.29 is 17.2 Å². The number of benzene rings is 2. The van der Waals surface area contributed by atoms with Gasteiger partial charge in [-0.15, -0.1) is 0 Å². The molecule has 4 nitrogen and oxygen atoms in total. The first kappa shape index (κ1) is 14.3. The van der Waals surface area contributed by atoms with Crippen molar-refractivity contribution in [2.24, 2.45) is 0 Å². The molecule has 0 aliphatic carbocycles. The number of nitrogen functional groups attached to an aromatic ring is 1. The van der Waals surface area contributed by atoms with Gasteiger partial charge in [-0.3, -0.25) is 4.31 Å². The van der Waals surface area contributed by atoms with E-state index in [1.807, 2.05) is 0 Å². The van der Waals surface area contributed by atoms with Gasteiger partial charge in [0.2, 0.25) is 0 Å². The van der Waals surface area contributed by atoms with Crippen LogP contribution in [0.5, 0.6) is 0 Å². The number of rotatable bonds is 3. The van der Waals surface area contributed by atoms with Crippen molar-refractivity contribution in [1.29, 1.82) is 0 Å². The van der Waals surface area contributed by atoms with Crippen LogP contribution in [0, 0.1) is 11.6 Å². The third kappa shape index (κ3) is 2.57. The lowest BCUT2D eigenvalue weighted by Crippen LogP contribution is -2.26. The summed E-state index contributed by atoms with van der Waals surface area (Å²) in [4.78, 5) is -0.226. The summed E-state index contributed by atoms with van der Waals surface area (Å²) in [6, 6.07) is 8.18. The molecule has 106 valence electrons. The van der Waals surface area contributed by atoms with Gasteiger partial charge in [-0.1, -0.05) is 0 Å². The topological polar surface area (TPSA) is 63.4 Å². The van der Waals surface area contributed by atoms with Crippen LogP contribution >= 0.6 is 0 Å². The van der Waals surface area contributed by atoms with E-state index in [1.54, 1.807) is 0 Å². The van der Waals surface area contributed by atoms with Gasteiger partial charge < -0.3 is 5.73 Å². The molecule has 0 aliphatic rings. The molecule has 0 aliphatic heterocycles. The Morgan fingerprint density at radius 2 is 1.65 bits per heavy atom. The molecule has 0 heterocycles. The van der Waals surface area contributed by atoms with Crippen LogP contribution in [0.15, 0.2) is 47.4 Å². The smallest absolute Gasteiger partial charge is 0.264 e. The third-order valence-corrected chi connectivity index (χ3v) is 4.60. The van der Waals surface area contributed by atoms with E-state index in [9.17, 15) is 17.2 Å². The molecule has 0 saturated carbocycles. The van der Waals surface area contributed by atoms with Gasteiger partial charge in [0.1, 0.15) is 11.6 Å². The maximum Gasteiger partial charge on any atom is 0.264 e. The minimum absolute atomic E-state index is 0.131. The predicted octanol–water partition coefficient (Wildman–Crippen LogP) is 2.37. The molecule has 0 spiro atoms. The van der Waals surface area contributed by atoms with Gasteiger partial charge >= 0.3 is 0 Å². The van der Waals surface area contributed by atoms with Crippen LogP contribution in [0.3, 0.4) is 0 Å². The Hall–Kier alpha value is -2.15. The van der Waals surface area contributed by atoms with E-state index in [0.717, 1.165) is 22.5 Å². The summed E-state index contributed by atoms with van der Waals surface area (Å²) in [5, 5.41) is 0. The van der Waals surface area contributed by atoms with Crippen LogP contribution in [0.1, 0.15) is 0 Å². The van der Waals surface area contributed by atoms with Crippen molar-refractivity contribution in [3.8, 4) is 0 Å². The Bertz CT molecular complexity index is 731. The molecule has 0 bridgehead atoms. The largest absolute Gasteiger partial charge is 0.396 e. The van der Waals surface area contributed by atoms with E-state index in [4.69, 9.17) is 5.73 Å². The lowest BCUT2D eigenvalue weighted by Gasteiger charge is -2.19. The first-order valence-corrected chi connectivity index (χ1v) is 7.06. The molecule has 0 amide bonds. The number of halogens is 2. The molecule has 2 rings (SSSR count). The van der Waals surface area contributed by atoms with E-state index in [-0.39, 0.29) is 16.3 Å². The first-order chi connectivity index (χ1) is 9.32. The van der Waals surface area contributed by atoms with Crippen molar-refractivity contribution in [1.82, 2.24) is 0 Å². The molecule has 7 heteroatoms. The second-order valence-corrected chi connectivity index (χ2v) is 6.10. The number of nitrogens with zero attached hydrogens (tertiary/aromatic N) is 1. The van der Waals surface area contributed by atoms with Gasteiger partial charge in [-0.25, -0.2) is 17.2 Å². The fourth-order valence-electron chi connectivity index (χ4n) is 1.62. The summed E-state index contributed by atoms with van der Waals surface area (Å²) < 4.78 is 51.8. The van der Waals surface area contributed by atoms with E-state index in [1.165, 1.54) is 31.3 Å². The summed E-state index contributed by atoms with van der Waals surface area (Å²) in [6.45, 7) is 0. The maximum atomic E-state index is 13.4. The maximum absolute atomic E-state index is 13.4. The normalized spacial score (nSPS) is 11.3. The Morgan fingerprint density at radius 1 is 1.05 bits per heavy atom. The Balaban J connectivity index is 2.43. The fourth-order valence-corrected chi connectivity index (χ4v) is 2.82. The number of hydrogen-bond donors (Lipinski definition) is 1. The zero-order valence-electron chi connectivity index (χ0n) is 10.5. The fraction of sp³-hybridized carbons (Fsp3) is 0.0769. The highest BCUT2D eigenvalue weighted by molar-refractivity contribution is 7.92. The second-order valence-electron chi connectivity index (χ2n) is 4.13. The molecule has 0 radical (unpaired) electrons.